The van der Waals surface area contributed by atoms with Crippen molar-refractivity contribution in [3.8, 4) is 17.2 Å². The number of nitrogens with one attached hydrogen (secondary N) is 1. The van der Waals surface area contributed by atoms with Crippen molar-refractivity contribution in [2.45, 2.75) is 25.2 Å². The zero-order chi connectivity index (χ0) is 29.2. The van der Waals surface area contributed by atoms with Gasteiger partial charge in [0.1, 0.15) is 23.3 Å². The predicted octanol–water partition coefficient (Wildman–Crippen LogP) is 5.77. The van der Waals surface area contributed by atoms with Crippen molar-refractivity contribution >= 4 is 63.5 Å². The van der Waals surface area contributed by atoms with Gasteiger partial charge in [-0.25, -0.2) is 14.8 Å². The van der Waals surface area contributed by atoms with Crippen LogP contribution < -0.4 is 15.8 Å². The first-order valence-corrected chi connectivity index (χ1v) is 12.4. The van der Waals surface area contributed by atoms with E-state index in [-0.39, 0.29) is 40.3 Å². The third-order valence-corrected chi connectivity index (χ3v) is 6.27. The fourth-order valence-electron chi connectivity index (χ4n) is 3.69. The number of hydrogen-bond acceptors (Lipinski definition) is 8. The van der Waals surface area contributed by atoms with Crippen LogP contribution in [0.4, 0.5) is 18.9 Å². The van der Waals surface area contributed by atoms with Crippen LogP contribution in [0.15, 0.2) is 47.0 Å². The van der Waals surface area contributed by atoms with Crippen LogP contribution in [0, 0.1) is 0 Å². The summed E-state index contributed by atoms with van der Waals surface area (Å²) < 4.78 is 54.4. The number of alkyl halides is 3. The zero-order valence-electron chi connectivity index (χ0n) is 20.3. The molecule has 0 bridgehead atoms. The summed E-state index contributed by atoms with van der Waals surface area (Å²) in [6.07, 6.45) is -4.07. The molecule has 2 heterocycles. The number of aromatic nitrogens is 2. The van der Waals surface area contributed by atoms with Gasteiger partial charge in [-0.15, -0.1) is 0 Å². The van der Waals surface area contributed by atoms with Crippen LogP contribution in [0.2, 0.25) is 15.2 Å². The van der Waals surface area contributed by atoms with Crippen LogP contribution in [0.3, 0.4) is 0 Å². The Balaban J connectivity index is 1.55. The Morgan fingerprint density at radius 3 is 2.42 bits per heavy atom. The number of carbonyl (C=O) groups is 2. The molecule has 0 spiro atoms. The SMILES string of the molecule is COC(=O)[C@H](Cc1cc(Cl)c(OCc2cc(N)cc3nc(-c4ccc(Cl)nc4)oc23)c(Cl)c1)NC(=O)C(F)(F)F. The Morgan fingerprint density at radius 2 is 1.82 bits per heavy atom. The molecule has 210 valence electrons. The third kappa shape index (κ3) is 6.69. The van der Waals surface area contributed by atoms with Crippen molar-refractivity contribution in [3.05, 3.63) is 68.9 Å². The summed E-state index contributed by atoms with van der Waals surface area (Å²) in [5, 5.41) is 1.91. The van der Waals surface area contributed by atoms with Gasteiger partial charge in [0.05, 0.1) is 22.7 Å². The van der Waals surface area contributed by atoms with E-state index in [9.17, 15) is 22.8 Å². The van der Waals surface area contributed by atoms with Crippen LogP contribution in [0.5, 0.6) is 5.75 Å². The second-order valence-electron chi connectivity index (χ2n) is 8.35. The normalized spacial score (nSPS) is 12.3. The lowest BCUT2D eigenvalue weighted by Crippen LogP contribution is -2.48. The molecule has 0 saturated carbocycles. The van der Waals surface area contributed by atoms with Gasteiger partial charge in [-0.3, -0.25) is 4.79 Å². The van der Waals surface area contributed by atoms with Gasteiger partial charge in [0.25, 0.3) is 0 Å². The van der Waals surface area contributed by atoms with E-state index in [0.717, 1.165) is 7.11 Å². The van der Waals surface area contributed by atoms with E-state index in [1.165, 1.54) is 18.3 Å². The maximum absolute atomic E-state index is 12.7. The lowest BCUT2D eigenvalue weighted by atomic mass is 10.1. The maximum atomic E-state index is 12.7. The smallest absolute Gasteiger partial charge is 0.471 e. The minimum Gasteiger partial charge on any atom is -0.486 e. The second kappa shape index (κ2) is 11.8. The highest BCUT2D eigenvalue weighted by Crippen LogP contribution is 2.36. The molecular weight excluding hydrogens is 600 g/mol. The minimum absolute atomic E-state index is 0.00101. The number of ether oxygens (including phenoxy) is 2. The topological polar surface area (TPSA) is 130 Å². The fourth-order valence-corrected chi connectivity index (χ4v) is 4.44. The number of nitrogen functional groups attached to an aromatic ring is 1. The highest BCUT2D eigenvalue weighted by atomic mass is 35.5. The number of hydrogen-bond donors (Lipinski definition) is 2. The Morgan fingerprint density at radius 1 is 1.12 bits per heavy atom. The molecule has 9 nitrogen and oxygen atoms in total. The molecule has 0 saturated heterocycles. The Hall–Kier alpha value is -3.74. The molecule has 0 aliphatic rings. The van der Waals surface area contributed by atoms with Gasteiger partial charge in [-0.1, -0.05) is 34.8 Å². The molecule has 4 aromatic rings. The van der Waals surface area contributed by atoms with Crippen molar-refractivity contribution in [1.82, 2.24) is 15.3 Å². The number of halogens is 6. The number of esters is 1. The zero-order valence-corrected chi connectivity index (χ0v) is 22.6. The summed E-state index contributed by atoms with van der Waals surface area (Å²) in [4.78, 5) is 31.8. The van der Waals surface area contributed by atoms with E-state index in [1.54, 1.807) is 29.6 Å². The molecule has 1 atom stereocenters. The molecule has 0 aliphatic carbocycles. The number of benzene rings is 2. The summed E-state index contributed by atoms with van der Waals surface area (Å²) in [5.74, 6) is -3.05. The molecule has 4 rings (SSSR count). The number of fused-ring (bicyclic) bond motifs is 1. The Kier molecular flexibility index (Phi) is 8.62. The molecule has 3 N–H and O–H groups in total. The minimum atomic E-state index is -5.19. The average Bonchev–Trinajstić information content (AvgIpc) is 3.31. The standard InChI is InChI=1S/C25H18Cl3F3N4O5/c1-38-23(36)18(35-24(37)25(29,30)31)6-11-4-15(26)21(16(27)5-11)39-10-13-7-14(32)8-17-20(13)40-22(34-17)12-2-3-19(28)33-9-12/h2-5,7-9,18H,6,10,32H2,1H3,(H,35,37)/t18-/m0/s1. The highest BCUT2D eigenvalue weighted by Gasteiger charge is 2.41. The molecule has 0 radical (unpaired) electrons. The van der Waals surface area contributed by atoms with Gasteiger partial charge in [-0.2, -0.15) is 13.2 Å². The van der Waals surface area contributed by atoms with E-state index in [2.05, 4.69) is 14.7 Å². The molecule has 0 aliphatic heterocycles. The van der Waals surface area contributed by atoms with E-state index in [4.69, 9.17) is 49.7 Å². The molecule has 15 heteroatoms. The summed E-state index contributed by atoms with van der Waals surface area (Å²) in [6.45, 7) is -0.0970. The number of anilines is 1. The number of oxazole rings is 1. The Bertz CT molecular complexity index is 1560. The number of rotatable bonds is 8. The first-order valence-electron chi connectivity index (χ1n) is 11.2. The molecule has 2 aromatic carbocycles. The summed E-state index contributed by atoms with van der Waals surface area (Å²) >= 11 is 18.5. The lowest BCUT2D eigenvalue weighted by molar-refractivity contribution is -0.175. The van der Waals surface area contributed by atoms with Crippen molar-refractivity contribution in [1.29, 1.82) is 0 Å². The van der Waals surface area contributed by atoms with Gasteiger partial charge in [-0.05, 0) is 42.0 Å². The number of amides is 1. The monoisotopic (exact) mass is 616 g/mol. The molecular formula is C25H18Cl3F3N4O5. The molecule has 2 aromatic heterocycles. The largest absolute Gasteiger partial charge is 0.486 e. The second-order valence-corrected chi connectivity index (χ2v) is 9.55. The maximum Gasteiger partial charge on any atom is 0.471 e. The van der Waals surface area contributed by atoms with Crippen LogP contribution in [0.25, 0.3) is 22.6 Å². The van der Waals surface area contributed by atoms with Crippen molar-refractivity contribution in [2.24, 2.45) is 0 Å². The summed E-state index contributed by atoms with van der Waals surface area (Å²) in [6, 6.07) is 7.57. The molecule has 0 fully saturated rings. The molecule has 1 amide bonds. The van der Waals surface area contributed by atoms with E-state index < -0.39 is 24.1 Å². The van der Waals surface area contributed by atoms with Crippen molar-refractivity contribution in [2.75, 3.05) is 12.8 Å². The quantitative estimate of drug-likeness (QED) is 0.145. The van der Waals surface area contributed by atoms with Gasteiger partial charge < -0.3 is 24.9 Å². The Labute approximate surface area is 239 Å². The lowest BCUT2D eigenvalue weighted by Gasteiger charge is -2.18. The van der Waals surface area contributed by atoms with Crippen molar-refractivity contribution < 1.29 is 36.7 Å². The highest BCUT2D eigenvalue weighted by molar-refractivity contribution is 6.37. The summed E-state index contributed by atoms with van der Waals surface area (Å²) in [5.41, 5.74) is 8.62. The first kappa shape index (κ1) is 29.2. The third-order valence-electron chi connectivity index (χ3n) is 5.48. The van der Waals surface area contributed by atoms with Crippen LogP contribution in [0.1, 0.15) is 11.1 Å². The van der Waals surface area contributed by atoms with Gasteiger partial charge >= 0.3 is 18.1 Å². The van der Waals surface area contributed by atoms with Crippen molar-refractivity contribution in [3.63, 3.8) is 0 Å². The van der Waals surface area contributed by atoms with Crippen LogP contribution in [-0.4, -0.2) is 41.2 Å². The van der Waals surface area contributed by atoms with Gasteiger partial charge in [0, 0.05) is 23.9 Å². The van der Waals surface area contributed by atoms with Crippen LogP contribution >= 0.6 is 34.8 Å². The number of nitrogens with two attached hydrogens (primary N) is 1. The average molecular weight is 618 g/mol. The molecule has 40 heavy (non-hydrogen) atoms. The van der Waals surface area contributed by atoms with Gasteiger partial charge in [0.2, 0.25) is 5.89 Å². The van der Waals surface area contributed by atoms with E-state index in [0.29, 0.717) is 33.1 Å². The number of pyridine rings is 1. The number of nitrogens with zero attached hydrogens (tertiary/aromatic N) is 2. The number of carbonyl (C=O) groups excluding carboxylic acids is 2. The number of methoxy groups -OCH3 is 1. The predicted molar refractivity (Wildman–Crippen MR) is 141 cm³/mol. The van der Waals surface area contributed by atoms with Crippen LogP contribution in [-0.2, 0) is 27.4 Å². The van der Waals surface area contributed by atoms with E-state index in [1.807, 2.05) is 0 Å². The van der Waals surface area contributed by atoms with Gasteiger partial charge in [0.15, 0.2) is 11.3 Å². The first-order chi connectivity index (χ1) is 18.8. The summed E-state index contributed by atoms with van der Waals surface area (Å²) in [7, 11) is 0.975. The van der Waals surface area contributed by atoms with E-state index >= 15 is 0 Å². The molecule has 0 unspecified atom stereocenters. The fraction of sp³-hybridized carbons (Fsp3) is 0.200.